The molecule has 0 unspecified atom stereocenters. The van der Waals surface area contributed by atoms with Gasteiger partial charge in [0.05, 0.1) is 31.1 Å². The topological polar surface area (TPSA) is 87.8 Å². The molecule has 0 aliphatic heterocycles. The van der Waals surface area contributed by atoms with Crippen LogP contribution in [0.1, 0.15) is 0 Å². The highest BCUT2D eigenvalue weighted by atomic mass is 19.1. The molecule has 20 heavy (non-hydrogen) atoms. The summed E-state index contributed by atoms with van der Waals surface area (Å²) >= 11 is 0. The number of carbonyl (C=O) groups excluding carboxylic acids is 1. The Balaban J connectivity index is 2.55. The number of carbonyl (C=O) groups is 1. The maximum Gasteiger partial charge on any atom is 0.238 e. The van der Waals surface area contributed by atoms with Crippen molar-refractivity contribution in [1.29, 1.82) is 0 Å². The Bertz CT molecular complexity index is 443. The fourth-order valence-corrected chi connectivity index (χ4v) is 1.67. The molecular weight excluding hydrogens is 265 g/mol. The van der Waals surface area contributed by atoms with Crippen LogP contribution in [0.25, 0.3) is 0 Å². The quantitative estimate of drug-likeness (QED) is 0.597. The zero-order chi connectivity index (χ0) is 15.0. The Hall–Kier alpha value is -1.70. The van der Waals surface area contributed by atoms with Crippen molar-refractivity contribution in [3.05, 3.63) is 24.0 Å². The Morgan fingerprint density at radius 2 is 2.25 bits per heavy atom. The molecule has 0 fully saturated rings. The van der Waals surface area contributed by atoms with Gasteiger partial charge in [-0.3, -0.25) is 9.69 Å². The molecule has 0 aliphatic rings. The highest BCUT2D eigenvalue weighted by Crippen LogP contribution is 2.18. The van der Waals surface area contributed by atoms with Gasteiger partial charge in [0.2, 0.25) is 5.91 Å². The van der Waals surface area contributed by atoms with Crippen molar-refractivity contribution >= 4 is 17.3 Å². The highest BCUT2D eigenvalue weighted by Gasteiger charge is 2.11. The van der Waals surface area contributed by atoms with E-state index in [0.717, 1.165) is 6.07 Å². The van der Waals surface area contributed by atoms with Gasteiger partial charge in [0.25, 0.3) is 0 Å². The zero-order valence-corrected chi connectivity index (χ0v) is 11.4. The number of methoxy groups -OCH3 is 1. The summed E-state index contributed by atoms with van der Waals surface area (Å²) in [5.41, 5.74) is 6.15. The van der Waals surface area contributed by atoms with Gasteiger partial charge >= 0.3 is 0 Å². The van der Waals surface area contributed by atoms with E-state index in [4.69, 9.17) is 15.6 Å². The van der Waals surface area contributed by atoms with E-state index < -0.39 is 5.82 Å². The van der Waals surface area contributed by atoms with Crippen LogP contribution in [0.2, 0.25) is 0 Å². The highest BCUT2D eigenvalue weighted by molar-refractivity contribution is 5.95. The van der Waals surface area contributed by atoms with Gasteiger partial charge in [0.15, 0.2) is 0 Å². The monoisotopic (exact) mass is 285 g/mol. The first-order valence-electron chi connectivity index (χ1n) is 6.24. The third-order valence-corrected chi connectivity index (χ3v) is 2.68. The molecule has 6 nitrogen and oxygen atoms in total. The number of benzene rings is 1. The van der Waals surface area contributed by atoms with Crippen LogP contribution in [0.3, 0.4) is 0 Å². The predicted octanol–water partition coefficient (Wildman–Crippen LogP) is 0.287. The smallest absolute Gasteiger partial charge is 0.238 e. The van der Waals surface area contributed by atoms with E-state index in [-0.39, 0.29) is 24.7 Å². The zero-order valence-electron chi connectivity index (χ0n) is 11.4. The van der Waals surface area contributed by atoms with Gasteiger partial charge in [0, 0.05) is 20.2 Å². The van der Waals surface area contributed by atoms with Crippen molar-refractivity contribution in [1.82, 2.24) is 4.90 Å². The van der Waals surface area contributed by atoms with Crippen molar-refractivity contribution in [2.75, 3.05) is 51.0 Å². The minimum Gasteiger partial charge on any atom is -0.397 e. The Kier molecular flexibility index (Phi) is 6.92. The first-order valence-corrected chi connectivity index (χ1v) is 6.24. The molecule has 0 radical (unpaired) electrons. The number of nitrogens with one attached hydrogen (secondary N) is 1. The summed E-state index contributed by atoms with van der Waals surface area (Å²) in [5, 5.41) is 11.5. The summed E-state index contributed by atoms with van der Waals surface area (Å²) in [6.07, 6.45) is 0. The fraction of sp³-hybridized carbons (Fsp3) is 0.462. The summed E-state index contributed by atoms with van der Waals surface area (Å²) in [5.74, 6) is -0.740. The second-order valence-electron chi connectivity index (χ2n) is 4.27. The Morgan fingerprint density at radius 1 is 1.50 bits per heavy atom. The van der Waals surface area contributed by atoms with Gasteiger partial charge in [-0.05, 0) is 18.2 Å². The van der Waals surface area contributed by atoms with Gasteiger partial charge in [0.1, 0.15) is 5.82 Å². The number of rotatable bonds is 8. The summed E-state index contributed by atoms with van der Waals surface area (Å²) < 4.78 is 17.8. The van der Waals surface area contributed by atoms with Gasteiger partial charge in [-0.25, -0.2) is 4.39 Å². The Morgan fingerprint density at radius 3 is 2.85 bits per heavy atom. The molecule has 1 rings (SSSR count). The number of nitrogen functional groups attached to an aromatic ring is 1. The number of anilines is 2. The minimum absolute atomic E-state index is 0.0460. The molecule has 0 spiro atoms. The second-order valence-corrected chi connectivity index (χ2v) is 4.27. The molecular formula is C13H20FN3O3. The Labute approximate surface area is 117 Å². The lowest BCUT2D eigenvalue weighted by molar-refractivity contribution is -0.117. The van der Waals surface area contributed by atoms with Crippen molar-refractivity contribution < 1.29 is 19.0 Å². The molecule has 1 aromatic rings. The van der Waals surface area contributed by atoms with Crippen molar-refractivity contribution in [3.63, 3.8) is 0 Å². The molecule has 0 saturated carbocycles. The van der Waals surface area contributed by atoms with E-state index in [1.165, 1.54) is 12.1 Å². The van der Waals surface area contributed by atoms with E-state index in [1.54, 1.807) is 12.0 Å². The summed E-state index contributed by atoms with van der Waals surface area (Å²) in [6.45, 7) is 1.42. The van der Waals surface area contributed by atoms with Crippen LogP contribution in [0.15, 0.2) is 18.2 Å². The lowest BCUT2D eigenvalue weighted by Crippen LogP contribution is -2.37. The number of nitrogens with two attached hydrogens (primary N) is 1. The number of hydrogen-bond acceptors (Lipinski definition) is 5. The van der Waals surface area contributed by atoms with Crippen LogP contribution < -0.4 is 11.1 Å². The number of aliphatic hydroxyl groups excluding tert-OH is 1. The molecule has 0 atom stereocenters. The average Bonchev–Trinajstić information content (AvgIpc) is 2.39. The maximum atomic E-state index is 12.9. The average molecular weight is 285 g/mol. The van der Waals surface area contributed by atoms with Crippen LogP contribution in [0.4, 0.5) is 15.8 Å². The maximum absolute atomic E-state index is 12.9. The second kappa shape index (κ2) is 8.47. The van der Waals surface area contributed by atoms with E-state index >= 15 is 0 Å². The lowest BCUT2D eigenvalue weighted by atomic mass is 10.2. The largest absolute Gasteiger partial charge is 0.397 e. The molecule has 0 aliphatic carbocycles. The summed E-state index contributed by atoms with van der Waals surface area (Å²) in [6, 6.07) is 3.78. The number of hydrogen-bond donors (Lipinski definition) is 3. The number of ether oxygens (including phenoxy) is 1. The SMILES string of the molecule is COCCN(CCO)CC(=O)Nc1ccc(F)cc1N. The van der Waals surface area contributed by atoms with Crippen LogP contribution in [0.5, 0.6) is 0 Å². The summed E-state index contributed by atoms with van der Waals surface area (Å²) in [7, 11) is 1.57. The number of nitrogens with zero attached hydrogens (tertiary/aromatic N) is 1. The molecule has 1 aromatic carbocycles. The molecule has 4 N–H and O–H groups in total. The minimum atomic E-state index is -0.456. The van der Waals surface area contributed by atoms with Gasteiger partial charge in [-0.2, -0.15) is 0 Å². The fourth-order valence-electron chi connectivity index (χ4n) is 1.67. The van der Waals surface area contributed by atoms with E-state index in [2.05, 4.69) is 5.32 Å². The van der Waals surface area contributed by atoms with Crippen LogP contribution in [-0.4, -0.2) is 55.9 Å². The number of aliphatic hydroxyl groups is 1. The standard InChI is InChI=1S/C13H20FN3O3/c1-20-7-5-17(4-6-18)9-13(19)16-12-3-2-10(14)8-11(12)15/h2-3,8,18H,4-7,9,15H2,1H3,(H,16,19). The van der Waals surface area contributed by atoms with Crippen molar-refractivity contribution in [2.24, 2.45) is 0 Å². The molecule has 0 bridgehead atoms. The molecule has 1 amide bonds. The summed E-state index contributed by atoms with van der Waals surface area (Å²) in [4.78, 5) is 13.6. The van der Waals surface area contributed by atoms with E-state index in [0.29, 0.717) is 25.4 Å². The van der Waals surface area contributed by atoms with Crippen molar-refractivity contribution in [2.45, 2.75) is 0 Å². The molecule has 0 aromatic heterocycles. The normalized spacial score (nSPS) is 10.8. The first-order chi connectivity index (χ1) is 9.56. The first kappa shape index (κ1) is 16.4. The molecule has 7 heteroatoms. The molecule has 0 heterocycles. The van der Waals surface area contributed by atoms with Crippen LogP contribution in [0, 0.1) is 5.82 Å². The van der Waals surface area contributed by atoms with Gasteiger partial charge in [-0.15, -0.1) is 0 Å². The van der Waals surface area contributed by atoms with Gasteiger partial charge in [-0.1, -0.05) is 0 Å². The lowest BCUT2D eigenvalue weighted by Gasteiger charge is -2.20. The van der Waals surface area contributed by atoms with E-state index in [1.807, 2.05) is 0 Å². The van der Waals surface area contributed by atoms with Crippen molar-refractivity contribution in [3.8, 4) is 0 Å². The number of amides is 1. The third kappa shape index (κ3) is 5.52. The van der Waals surface area contributed by atoms with Crippen LogP contribution in [-0.2, 0) is 9.53 Å². The van der Waals surface area contributed by atoms with Crippen LogP contribution >= 0.6 is 0 Å². The third-order valence-electron chi connectivity index (χ3n) is 2.68. The molecule has 0 saturated heterocycles. The van der Waals surface area contributed by atoms with Gasteiger partial charge < -0.3 is 20.9 Å². The number of halogens is 1. The predicted molar refractivity (Wildman–Crippen MR) is 74.8 cm³/mol. The molecule has 112 valence electrons. The van der Waals surface area contributed by atoms with E-state index in [9.17, 15) is 9.18 Å².